The maximum Gasteiger partial charge on any atom is 0.263 e. The van der Waals surface area contributed by atoms with Crippen molar-refractivity contribution in [1.29, 1.82) is 0 Å². The van der Waals surface area contributed by atoms with Crippen molar-refractivity contribution in [3.63, 3.8) is 0 Å². The standard InChI is InChI=1S/C15H18N2O2S2/c1-11-15(9-14(20-11)10-16-12-7-8-12)21(18,19)17-13-5-3-2-4-6-13/h2-6,9,12,16-17H,7-8,10H2,1H3. The molecule has 1 aliphatic rings. The molecule has 0 spiro atoms. The lowest BCUT2D eigenvalue weighted by atomic mass is 10.3. The minimum absolute atomic E-state index is 0.379. The molecule has 1 aliphatic carbocycles. The third-order valence-corrected chi connectivity index (χ3v) is 6.07. The first-order valence-corrected chi connectivity index (χ1v) is 9.25. The Morgan fingerprint density at radius 1 is 1.24 bits per heavy atom. The highest BCUT2D eigenvalue weighted by Crippen LogP contribution is 2.28. The molecule has 1 aromatic heterocycles. The van der Waals surface area contributed by atoms with Crippen LogP contribution in [0.5, 0.6) is 0 Å². The fourth-order valence-corrected chi connectivity index (χ4v) is 4.77. The van der Waals surface area contributed by atoms with Gasteiger partial charge in [-0.05, 0) is 38.0 Å². The average Bonchev–Trinajstić information content (AvgIpc) is 3.19. The molecule has 1 fully saturated rings. The zero-order valence-corrected chi connectivity index (χ0v) is 13.4. The first-order valence-electron chi connectivity index (χ1n) is 6.95. The van der Waals surface area contributed by atoms with Crippen molar-refractivity contribution in [3.05, 3.63) is 46.2 Å². The van der Waals surface area contributed by atoms with Crippen molar-refractivity contribution >= 4 is 27.0 Å². The first-order chi connectivity index (χ1) is 10.0. The Balaban J connectivity index is 1.77. The highest BCUT2D eigenvalue weighted by atomic mass is 32.2. The van der Waals surface area contributed by atoms with Crippen molar-refractivity contribution < 1.29 is 8.42 Å². The van der Waals surface area contributed by atoms with Crippen molar-refractivity contribution in [2.24, 2.45) is 0 Å². The van der Waals surface area contributed by atoms with E-state index in [1.807, 2.05) is 25.1 Å². The molecular weight excluding hydrogens is 304 g/mol. The number of hydrogen-bond acceptors (Lipinski definition) is 4. The van der Waals surface area contributed by atoms with Crippen LogP contribution in [-0.4, -0.2) is 14.5 Å². The minimum atomic E-state index is -3.51. The summed E-state index contributed by atoms with van der Waals surface area (Å²) in [6, 6.07) is 11.4. The molecule has 112 valence electrons. The van der Waals surface area contributed by atoms with Gasteiger partial charge in [0.1, 0.15) is 4.90 Å². The second-order valence-corrected chi connectivity index (χ2v) is 8.25. The second kappa shape index (κ2) is 5.79. The lowest BCUT2D eigenvalue weighted by Gasteiger charge is -2.07. The summed E-state index contributed by atoms with van der Waals surface area (Å²) in [4.78, 5) is 2.27. The zero-order valence-electron chi connectivity index (χ0n) is 11.8. The molecule has 6 heteroatoms. The van der Waals surface area contributed by atoms with Gasteiger partial charge in [0.25, 0.3) is 10.0 Å². The van der Waals surface area contributed by atoms with Gasteiger partial charge in [0.05, 0.1) is 0 Å². The van der Waals surface area contributed by atoms with Gasteiger partial charge in [-0.3, -0.25) is 4.72 Å². The van der Waals surface area contributed by atoms with Crippen LogP contribution < -0.4 is 10.0 Å². The summed E-state index contributed by atoms with van der Waals surface area (Å²) in [5.41, 5.74) is 0.584. The number of thiophene rings is 1. The molecule has 4 nitrogen and oxygen atoms in total. The summed E-state index contributed by atoms with van der Waals surface area (Å²) in [5, 5.41) is 3.41. The van der Waals surface area contributed by atoms with Gasteiger partial charge in [-0.25, -0.2) is 8.42 Å². The molecule has 2 N–H and O–H groups in total. The SMILES string of the molecule is Cc1sc(CNC2CC2)cc1S(=O)(=O)Nc1ccccc1. The molecule has 0 saturated heterocycles. The molecule has 21 heavy (non-hydrogen) atoms. The Morgan fingerprint density at radius 3 is 2.62 bits per heavy atom. The highest BCUT2D eigenvalue weighted by Gasteiger charge is 2.23. The number of hydrogen-bond donors (Lipinski definition) is 2. The van der Waals surface area contributed by atoms with Crippen LogP contribution >= 0.6 is 11.3 Å². The van der Waals surface area contributed by atoms with Gasteiger partial charge < -0.3 is 5.32 Å². The normalized spacial score (nSPS) is 15.1. The van der Waals surface area contributed by atoms with Gasteiger partial charge in [-0.2, -0.15) is 0 Å². The van der Waals surface area contributed by atoms with Crippen LogP contribution in [-0.2, 0) is 16.6 Å². The molecule has 3 rings (SSSR count). The van der Waals surface area contributed by atoms with E-state index in [1.165, 1.54) is 24.2 Å². The molecule has 0 atom stereocenters. The Kier molecular flexibility index (Phi) is 4.01. The van der Waals surface area contributed by atoms with Crippen molar-refractivity contribution in [2.45, 2.75) is 37.2 Å². The third-order valence-electron chi connectivity index (χ3n) is 3.38. The van der Waals surface area contributed by atoms with Crippen LogP contribution in [0.15, 0.2) is 41.3 Å². The zero-order chi connectivity index (χ0) is 14.9. The molecule has 0 bridgehead atoms. The first kappa shape index (κ1) is 14.6. The van der Waals surface area contributed by atoms with Gasteiger partial charge in [0, 0.05) is 28.0 Å². The monoisotopic (exact) mass is 322 g/mol. The van der Waals surface area contributed by atoms with Crippen LogP contribution in [0.2, 0.25) is 0 Å². The topological polar surface area (TPSA) is 58.2 Å². The summed E-state index contributed by atoms with van der Waals surface area (Å²) in [7, 11) is -3.51. The minimum Gasteiger partial charge on any atom is -0.309 e. The smallest absolute Gasteiger partial charge is 0.263 e. The number of nitrogens with one attached hydrogen (secondary N) is 2. The number of para-hydroxylation sites is 1. The summed E-state index contributed by atoms with van der Waals surface area (Å²) in [5.74, 6) is 0. The fourth-order valence-electron chi connectivity index (χ4n) is 2.13. The van der Waals surface area contributed by atoms with E-state index in [4.69, 9.17) is 0 Å². The Morgan fingerprint density at radius 2 is 1.95 bits per heavy atom. The average molecular weight is 322 g/mol. The van der Waals surface area contributed by atoms with Crippen LogP contribution in [0.25, 0.3) is 0 Å². The van der Waals surface area contributed by atoms with Gasteiger partial charge in [0.15, 0.2) is 0 Å². The van der Waals surface area contributed by atoms with E-state index in [-0.39, 0.29) is 0 Å². The number of benzene rings is 1. The second-order valence-electron chi connectivity index (χ2n) is 5.26. The highest BCUT2D eigenvalue weighted by molar-refractivity contribution is 7.93. The van der Waals surface area contributed by atoms with Gasteiger partial charge in [0.2, 0.25) is 0 Å². The number of anilines is 1. The van der Waals surface area contributed by atoms with Gasteiger partial charge >= 0.3 is 0 Å². The van der Waals surface area contributed by atoms with Crippen LogP contribution in [0, 0.1) is 6.92 Å². The van der Waals surface area contributed by atoms with Crippen LogP contribution in [0.1, 0.15) is 22.6 Å². The number of aryl methyl sites for hydroxylation is 1. The van der Waals surface area contributed by atoms with E-state index in [0.717, 1.165) is 16.3 Å². The van der Waals surface area contributed by atoms with E-state index in [2.05, 4.69) is 10.0 Å². The lowest BCUT2D eigenvalue weighted by Crippen LogP contribution is -2.15. The van der Waals surface area contributed by atoms with Crippen LogP contribution in [0.3, 0.4) is 0 Å². The van der Waals surface area contributed by atoms with E-state index in [1.54, 1.807) is 18.2 Å². The maximum absolute atomic E-state index is 12.5. The summed E-state index contributed by atoms with van der Waals surface area (Å²) < 4.78 is 27.5. The summed E-state index contributed by atoms with van der Waals surface area (Å²) >= 11 is 1.54. The molecular formula is C15H18N2O2S2. The molecule has 1 saturated carbocycles. The van der Waals surface area contributed by atoms with E-state index in [9.17, 15) is 8.42 Å². The number of sulfonamides is 1. The van der Waals surface area contributed by atoms with Crippen molar-refractivity contribution in [1.82, 2.24) is 5.32 Å². The summed E-state index contributed by atoms with van der Waals surface area (Å²) in [6.07, 6.45) is 2.45. The van der Waals surface area contributed by atoms with E-state index >= 15 is 0 Å². The number of rotatable bonds is 6. The van der Waals surface area contributed by atoms with Crippen molar-refractivity contribution in [3.8, 4) is 0 Å². The van der Waals surface area contributed by atoms with Gasteiger partial charge in [-0.15, -0.1) is 11.3 Å². The molecule has 2 aromatic rings. The van der Waals surface area contributed by atoms with E-state index in [0.29, 0.717) is 16.6 Å². The maximum atomic E-state index is 12.5. The Labute approximate surface area is 129 Å². The van der Waals surface area contributed by atoms with Crippen LogP contribution in [0.4, 0.5) is 5.69 Å². The predicted octanol–water partition coefficient (Wildman–Crippen LogP) is 3.11. The molecule has 0 radical (unpaired) electrons. The Bertz CT molecular complexity index is 719. The summed E-state index contributed by atoms with van der Waals surface area (Å²) in [6.45, 7) is 2.60. The predicted molar refractivity (Wildman–Crippen MR) is 86.2 cm³/mol. The molecule has 0 aliphatic heterocycles. The van der Waals surface area contributed by atoms with Crippen molar-refractivity contribution in [2.75, 3.05) is 4.72 Å². The fraction of sp³-hybridized carbons (Fsp3) is 0.333. The van der Waals surface area contributed by atoms with E-state index < -0.39 is 10.0 Å². The third kappa shape index (κ3) is 3.64. The Hall–Kier alpha value is -1.37. The van der Waals surface area contributed by atoms with Gasteiger partial charge in [-0.1, -0.05) is 18.2 Å². The molecule has 1 aromatic carbocycles. The molecule has 0 amide bonds. The molecule has 1 heterocycles. The lowest BCUT2D eigenvalue weighted by molar-refractivity contribution is 0.601. The molecule has 0 unspecified atom stereocenters. The quantitative estimate of drug-likeness (QED) is 0.859. The largest absolute Gasteiger partial charge is 0.309 e.